The van der Waals surface area contributed by atoms with E-state index in [-0.39, 0.29) is 12.4 Å². The van der Waals surface area contributed by atoms with Crippen molar-refractivity contribution in [2.24, 2.45) is 0 Å². The number of methoxy groups -OCH3 is 1. The van der Waals surface area contributed by atoms with Crippen LogP contribution in [0.1, 0.15) is 16.7 Å². The largest absolute Gasteiger partial charge is 0.489 e. The Hall–Kier alpha value is -3.43. The van der Waals surface area contributed by atoms with Crippen LogP contribution in [-0.4, -0.2) is 56.9 Å². The van der Waals surface area contributed by atoms with E-state index in [9.17, 15) is 13.2 Å². The van der Waals surface area contributed by atoms with Gasteiger partial charge in [-0.1, -0.05) is 72.3 Å². The third-order valence-electron chi connectivity index (χ3n) is 7.10. The highest BCUT2D eigenvalue weighted by atomic mass is 35.5. The first-order valence-electron chi connectivity index (χ1n) is 13.1. The van der Waals surface area contributed by atoms with Gasteiger partial charge in [-0.2, -0.15) is 4.31 Å². The number of esters is 1. The predicted molar refractivity (Wildman–Crippen MR) is 156 cm³/mol. The minimum atomic E-state index is -3.64. The van der Waals surface area contributed by atoms with Crippen molar-refractivity contribution in [3.63, 3.8) is 0 Å². The van der Waals surface area contributed by atoms with Gasteiger partial charge in [0.2, 0.25) is 10.0 Å². The average Bonchev–Trinajstić information content (AvgIpc) is 2.97. The van der Waals surface area contributed by atoms with Crippen molar-refractivity contribution < 1.29 is 22.7 Å². The number of carbonyl (C=O) groups is 1. The number of fused-ring (bicyclic) bond motifs is 1. The molecule has 0 unspecified atom stereocenters. The van der Waals surface area contributed by atoms with Gasteiger partial charge in [0.05, 0.1) is 18.4 Å². The van der Waals surface area contributed by atoms with Crippen LogP contribution >= 0.6 is 11.6 Å². The van der Waals surface area contributed by atoms with E-state index < -0.39 is 10.0 Å². The Morgan fingerprint density at radius 3 is 2.33 bits per heavy atom. The summed E-state index contributed by atoms with van der Waals surface area (Å²) in [5, 5.41) is 2.30. The number of rotatable bonds is 9. The number of benzene rings is 4. The number of ether oxygens (including phenoxy) is 2. The number of carbonyl (C=O) groups excluding carboxylic acids is 1. The normalized spacial score (nSPS) is 14.8. The zero-order valence-corrected chi connectivity index (χ0v) is 23.8. The molecule has 0 aliphatic carbocycles. The number of piperazine rings is 1. The van der Waals surface area contributed by atoms with Gasteiger partial charge in [-0.05, 0) is 40.8 Å². The molecule has 7 nitrogen and oxygen atoms in total. The van der Waals surface area contributed by atoms with Crippen molar-refractivity contribution in [2.75, 3.05) is 33.3 Å². The molecule has 0 saturated carbocycles. The maximum Gasteiger partial charge on any atom is 0.309 e. The topological polar surface area (TPSA) is 76.2 Å². The lowest BCUT2D eigenvalue weighted by Crippen LogP contribution is -2.48. The molecule has 1 aliphatic heterocycles. The number of hydrogen-bond donors (Lipinski definition) is 0. The molecule has 4 aromatic carbocycles. The van der Waals surface area contributed by atoms with Gasteiger partial charge < -0.3 is 9.47 Å². The van der Waals surface area contributed by atoms with Crippen molar-refractivity contribution in [2.45, 2.75) is 24.5 Å². The number of nitrogens with zero attached hydrogens (tertiary/aromatic N) is 2. The van der Waals surface area contributed by atoms with Crippen LogP contribution in [0.2, 0.25) is 5.02 Å². The highest BCUT2D eigenvalue weighted by Crippen LogP contribution is 2.28. The van der Waals surface area contributed by atoms with Gasteiger partial charge in [0.15, 0.2) is 0 Å². The molecule has 0 amide bonds. The molecule has 0 atom stereocenters. The summed E-state index contributed by atoms with van der Waals surface area (Å²) in [7, 11) is -2.26. The fourth-order valence-electron chi connectivity index (χ4n) is 4.92. The Morgan fingerprint density at radius 1 is 0.875 bits per heavy atom. The molecular formula is C31H31ClN2O5S. The first kappa shape index (κ1) is 28.1. The van der Waals surface area contributed by atoms with Crippen molar-refractivity contribution >= 4 is 38.4 Å². The molecule has 208 valence electrons. The summed E-state index contributed by atoms with van der Waals surface area (Å²) in [5.74, 6) is 0.405. The van der Waals surface area contributed by atoms with Gasteiger partial charge in [-0.3, -0.25) is 9.69 Å². The van der Waals surface area contributed by atoms with Gasteiger partial charge in [0, 0.05) is 48.7 Å². The zero-order valence-electron chi connectivity index (χ0n) is 22.3. The van der Waals surface area contributed by atoms with Crippen LogP contribution in [0.25, 0.3) is 10.8 Å². The Bertz CT molecular complexity index is 1590. The maximum absolute atomic E-state index is 13.6. The van der Waals surface area contributed by atoms with Crippen LogP contribution in [0.5, 0.6) is 5.75 Å². The van der Waals surface area contributed by atoms with Crippen molar-refractivity contribution in [1.29, 1.82) is 0 Å². The Kier molecular flexibility index (Phi) is 8.71. The van der Waals surface area contributed by atoms with Gasteiger partial charge in [0.25, 0.3) is 0 Å². The summed E-state index contributed by atoms with van der Waals surface area (Å²) < 4.78 is 39.7. The Labute approximate surface area is 239 Å². The summed E-state index contributed by atoms with van der Waals surface area (Å²) >= 11 is 6.01. The third kappa shape index (κ3) is 6.47. The second-order valence-electron chi connectivity index (χ2n) is 9.77. The highest BCUT2D eigenvalue weighted by molar-refractivity contribution is 7.89. The van der Waals surface area contributed by atoms with Crippen LogP contribution in [0, 0.1) is 0 Å². The molecule has 1 heterocycles. The van der Waals surface area contributed by atoms with E-state index >= 15 is 0 Å². The smallest absolute Gasteiger partial charge is 0.309 e. The fourth-order valence-corrected chi connectivity index (χ4v) is 6.68. The third-order valence-corrected chi connectivity index (χ3v) is 9.31. The van der Waals surface area contributed by atoms with Gasteiger partial charge in [0.1, 0.15) is 12.4 Å². The van der Waals surface area contributed by atoms with E-state index in [1.54, 1.807) is 16.4 Å². The van der Waals surface area contributed by atoms with E-state index in [1.165, 1.54) is 7.11 Å². The Morgan fingerprint density at radius 2 is 1.57 bits per heavy atom. The second-order valence-corrected chi connectivity index (χ2v) is 12.1. The van der Waals surface area contributed by atoms with Crippen LogP contribution in [0.3, 0.4) is 0 Å². The molecule has 1 fully saturated rings. The molecule has 0 radical (unpaired) electrons. The monoisotopic (exact) mass is 578 g/mol. The van der Waals surface area contributed by atoms with Crippen LogP contribution in [-0.2, 0) is 39.1 Å². The van der Waals surface area contributed by atoms with E-state index in [4.69, 9.17) is 21.1 Å². The quantitative estimate of drug-likeness (QED) is 0.251. The minimum Gasteiger partial charge on any atom is -0.489 e. The van der Waals surface area contributed by atoms with E-state index in [0.29, 0.717) is 49.2 Å². The fraction of sp³-hybridized carbons (Fsp3) is 0.258. The molecule has 1 saturated heterocycles. The number of sulfonamides is 1. The van der Waals surface area contributed by atoms with Crippen molar-refractivity contribution in [3.8, 4) is 5.75 Å². The lowest BCUT2D eigenvalue weighted by atomic mass is 10.1. The zero-order chi connectivity index (χ0) is 28.1. The number of hydrogen-bond acceptors (Lipinski definition) is 6. The molecule has 0 N–H and O–H groups in total. The molecule has 4 aromatic rings. The second kappa shape index (κ2) is 12.4. The molecule has 9 heteroatoms. The summed E-state index contributed by atoms with van der Waals surface area (Å²) in [6.07, 6.45) is 0.165. The molecular weight excluding hydrogens is 548 g/mol. The lowest BCUT2D eigenvalue weighted by Gasteiger charge is -2.34. The minimum absolute atomic E-state index is 0.165. The molecule has 0 bridgehead atoms. The van der Waals surface area contributed by atoms with Gasteiger partial charge in [-0.15, -0.1) is 0 Å². The molecule has 0 aromatic heterocycles. The SMILES string of the molecule is COC(=O)Cc1ccc(OCc2ccc(Cl)cc2)c(CN2CCN(S(=O)(=O)c3cccc4ccccc34)CC2)c1. The first-order valence-corrected chi connectivity index (χ1v) is 14.9. The van der Waals surface area contributed by atoms with Gasteiger partial charge in [-0.25, -0.2) is 8.42 Å². The first-order chi connectivity index (χ1) is 19.3. The van der Waals surface area contributed by atoms with E-state index in [0.717, 1.165) is 33.2 Å². The van der Waals surface area contributed by atoms with Crippen molar-refractivity contribution in [1.82, 2.24) is 9.21 Å². The van der Waals surface area contributed by atoms with Crippen LogP contribution in [0.15, 0.2) is 89.8 Å². The molecule has 5 rings (SSSR count). The predicted octanol–water partition coefficient (Wildman–Crippen LogP) is 5.29. The van der Waals surface area contributed by atoms with Crippen LogP contribution < -0.4 is 4.74 Å². The number of halogens is 1. The summed E-state index contributed by atoms with van der Waals surface area (Å²) in [5.41, 5.74) is 2.75. The highest BCUT2D eigenvalue weighted by Gasteiger charge is 2.30. The van der Waals surface area contributed by atoms with E-state index in [1.807, 2.05) is 72.8 Å². The van der Waals surface area contributed by atoms with E-state index in [2.05, 4.69) is 4.90 Å². The summed E-state index contributed by atoms with van der Waals surface area (Å²) in [6.45, 7) is 2.84. The lowest BCUT2D eigenvalue weighted by molar-refractivity contribution is -0.139. The van der Waals surface area contributed by atoms with Gasteiger partial charge >= 0.3 is 5.97 Å². The standard InChI is InChI=1S/C31H31ClN2O5S/c1-38-31(35)20-24-11-14-29(39-22-23-9-12-27(32)13-10-23)26(19-24)21-33-15-17-34(18-16-33)40(36,37)30-8-4-6-25-5-2-3-7-28(25)30/h2-14,19H,15-18,20-22H2,1H3. The average molecular weight is 579 g/mol. The Balaban J connectivity index is 1.30. The summed E-state index contributed by atoms with van der Waals surface area (Å²) in [4.78, 5) is 14.4. The molecule has 40 heavy (non-hydrogen) atoms. The molecule has 0 spiro atoms. The van der Waals surface area contributed by atoms with Crippen LogP contribution in [0.4, 0.5) is 0 Å². The maximum atomic E-state index is 13.6. The molecule has 1 aliphatic rings. The summed E-state index contributed by atoms with van der Waals surface area (Å²) in [6, 6.07) is 26.1. The van der Waals surface area contributed by atoms with Crippen molar-refractivity contribution in [3.05, 3.63) is 107 Å².